The first-order valence-corrected chi connectivity index (χ1v) is 5.74. The summed E-state index contributed by atoms with van der Waals surface area (Å²) < 4.78 is 4.97. The van der Waals surface area contributed by atoms with Crippen LogP contribution >= 0.6 is 15.9 Å². The second-order valence-corrected chi connectivity index (χ2v) is 4.60. The molecule has 0 atom stereocenters. The quantitative estimate of drug-likeness (QED) is 0.744. The molecule has 0 saturated carbocycles. The molecule has 0 fully saturated rings. The van der Waals surface area contributed by atoms with Gasteiger partial charge < -0.3 is 0 Å². The first-order valence-electron chi connectivity index (χ1n) is 2.95. The molecule has 3 nitrogen and oxygen atoms in total. The van der Waals surface area contributed by atoms with E-state index in [1.54, 1.807) is 12.4 Å². The van der Waals surface area contributed by atoms with Crippen LogP contribution in [0.25, 0.3) is 0 Å². The topological polar surface area (TPSA) is 38.1 Å². The van der Waals surface area contributed by atoms with Crippen LogP contribution in [0.1, 0.15) is 0 Å². The summed E-state index contributed by atoms with van der Waals surface area (Å²) >= 11 is 3.20. The van der Waals surface area contributed by atoms with Gasteiger partial charge in [-0.3, -0.25) is 0 Å². The lowest BCUT2D eigenvalue weighted by Gasteiger charge is -1.92. The van der Waals surface area contributed by atoms with E-state index >= 15 is 0 Å². The fourth-order valence-corrected chi connectivity index (χ4v) is 1.21. The second-order valence-electron chi connectivity index (χ2n) is 2.06. The summed E-state index contributed by atoms with van der Waals surface area (Å²) in [4.78, 5) is 8.05. The van der Waals surface area contributed by atoms with E-state index in [0.717, 1.165) is 4.60 Å². The fraction of sp³-hybridized carbons (Fsp3) is 0.333. The molecule has 1 rings (SSSR count). The number of rotatable bonds is 1. The third-order valence-corrected chi connectivity index (χ3v) is 1.84. The molecule has 11 heavy (non-hydrogen) atoms. The van der Waals surface area contributed by atoms with Gasteiger partial charge in [0, 0.05) is 0 Å². The summed E-state index contributed by atoms with van der Waals surface area (Å²) in [5.74, 6) is 0.696. The normalized spacial score (nSPS) is 10.2. The van der Waals surface area contributed by atoms with Gasteiger partial charge in [0.05, 0.1) is 12.4 Å². The van der Waals surface area contributed by atoms with Crippen molar-refractivity contribution >= 4 is 32.4 Å². The summed E-state index contributed by atoms with van der Waals surface area (Å²) in [6.07, 6.45) is 7.36. The minimum Gasteiger partial charge on any atom is -0.244 e. The number of hydrogen-bond donors (Lipinski definition) is 0. The summed E-state index contributed by atoms with van der Waals surface area (Å²) in [6.45, 7) is 0. The molecule has 0 amide bonds. The number of halogens is 1. The van der Waals surface area contributed by atoms with Crippen LogP contribution in [0.2, 0.25) is 0 Å². The summed E-state index contributed by atoms with van der Waals surface area (Å²) in [6, 6.07) is 0. The molecule has 0 bridgehead atoms. The van der Waals surface area contributed by atoms with Gasteiger partial charge in [0.2, 0.25) is 0 Å². The third-order valence-electron chi connectivity index (χ3n) is 0.883. The van der Waals surface area contributed by atoms with Gasteiger partial charge in [0.1, 0.15) is 4.60 Å². The first-order chi connectivity index (χ1) is 5.18. The highest BCUT2D eigenvalue weighted by atomic mass is 79.9. The Morgan fingerprint density at radius 2 is 2.09 bits per heavy atom. The maximum Gasteiger partial charge on any atom is 0.177 e. The van der Waals surface area contributed by atoms with Gasteiger partial charge in [-0.25, -0.2) is 14.3 Å². The van der Waals surface area contributed by atoms with Crippen molar-refractivity contribution in [3.63, 3.8) is 0 Å². The van der Waals surface area contributed by atoms with Crippen LogP contribution in [0, 0.1) is 0 Å². The highest BCUT2D eigenvalue weighted by molar-refractivity contribution is 9.10. The van der Waals surface area contributed by atoms with Crippen molar-refractivity contribution in [1.29, 1.82) is 0 Å². The van der Waals surface area contributed by atoms with Crippen molar-refractivity contribution in [2.45, 2.75) is 0 Å². The SMILES string of the molecule is CS(C)=Nc1cnc(Br)cn1. The highest BCUT2D eigenvalue weighted by Crippen LogP contribution is 2.09. The molecular weight excluding hydrogens is 226 g/mol. The molecule has 1 heterocycles. The molecule has 0 N–H and O–H groups in total. The Kier molecular flexibility index (Phi) is 3.14. The summed E-state index contributed by atoms with van der Waals surface area (Å²) in [5.41, 5.74) is 0. The molecule has 0 spiro atoms. The van der Waals surface area contributed by atoms with Crippen molar-refractivity contribution in [1.82, 2.24) is 9.97 Å². The molecule has 0 unspecified atom stereocenters. The van der Waals surface area contributed by atoms with Crippen molar-refractivity contribution in [2.24, 2.45) is 4.36 Å². The molecule has 60 valence electrons. The molecule has 0 aliphatic carbocycles. The van der Waals surface area contributed by atoms with E-state index in [4.69, 9.17) is 0 Å². The standard InChI is InChI=1S/C6H8BrN3S/c1-11(2)10-6-4-8-5(7)3-9-6/h3-4H,1-2H3. The maximum atomic E-state index is 4.23. The van der Waals surface area contributed by atoms with Gasteiger partial charge in [-0.2, -0.15) is 0 Å². The van der Waals surface area contributed by atoms with Gasteiger partial charge in [-0.05, 0) is 28.4 Å². The van der Waals surface area contributed by atoms with Crippen LogP contribution in [-0.4, -0.2) is 22.5 Å². The smallest absolute Gasteiger partial charge is 0.177 e. The van der Waals surface area contributed by atoms with Gasteiger partial charge >= 0.3 is 0 Å². The third kappa shape index (κ3) is 3.07. The lowest BCUT2D eigenvalue weighted by molar-refractivity contribution is 1.15. The van der Waals surface area contributed by atoms with Crippen LogP contribution in [0.3, 0.4) is 0 Å². The number of hydrogen-bond acceptors (Lipinski definition) is 3. The van der Waals surface area contributed by atoms with Crippen molar-refractivity contribution < 1.29 is 0 Å². The molecule has 0 aromatic carbocycles. The lowest BCUT2D eigenvalue weighted by Crippen LogP contribution is -1.81. The van der Waals surface area contributed by atoms with Crippen LogP contribution in [0.15, 0.2) is 21.4 Å². The monoisotopic (exact) mass is 233 g/mol. The van der Waals surface area contributed by atoms with Crippen LogP contribution in [0.5, 0.6) is 0 Å². The predicted octanol–water partition coefficient (Wildman–Crippen LogP) is 1.93. The van der Waals surface area contributed by atoms with Crippen molar-refractivity contribution in [2.75, 3.05) is 12.5 Å². The number of aromatic nitrogens is 2. The van der Waals surface area contributed by atoms with Crippen LogP contribution in [-0.2, 0) is 10.7 Å². The largest absolute Gasteiger partial charge is 0.244 e. The van der Waals surface area contributed by atoms with Crippen LogP contribution < -0.4 is 0 Å². The van der Waals surface area contributed by atoms with Crippen molar-refractivity contribution in [3.05, 3.63) is 17.0 Å². The zero-order chi connectivity index (χ0) is 8.27. The second kappa shape index (κ2) is 3.92. The van der Waals surface area contributed by atoms with E-state index in [9.17, 15) is 0 Å². The molecule has 0 saturated heterocycles. The van der Waals surface area contributed by atoms with E-state index in [1.165, 1.54) is 0 Å². The molecular formula is C6H8BrN3S. The molecule has 0 radical (unpaired) electrons. The maximum absolute atomic E-state index is 4.23. The van der Waals surface area contributed by atoms with Crippen molar-refractivity contribution in [3.8, 4) is 0 Å². The Balaban J connectivity index is 2.91. The lowest BCUT2D eigenvalue weighted by atomic mass is 10.7. The minimum atomic E-state index is 0.0340. The number of nitrogens with zero attached hydrogens (tertiary/aromatic N) is 3. The van der Waals surface area contributed by atoms with E-state index < -0.39 is 0 Å². The Bertz CT molecular complexity index is 266. The summed E-state index contributed by atoms with van der Waals surface area (Å²) in [5, 5.41) is 0. The average Bonchev–Trinajstić information content (AvgIpc) is 1.93. The van der Waals surface area contributed by atoms with E-state index in [2.05, 4.69) is 30.3 Å². The Morgan fingerprint density at radius 3 is 2.55 bits per heavy atom. The van der Waals surface area contributed by atoms with Crippen LogP contribution in [0.4, 0.5) is 5.82 Å². The summed E-state index contributed by atoms with van der Waals surface area (Å²) in [7, 11) is 0.0340. The Labute approximate surface area is 76.5 Å². The molecule has 1 aromatic rings. The van der Waals surface area contributed by atoms with E-state index in [-0.39, 0.29) is 10.7 Å². The minimum absolute atomic E-state index is 0.0340. The zero-order valence-electron chi connectivity index (χ0n) is 6.28. The molecule has 5 heteroatoms. The van der Waals surface area contributed by atoms with Gasteiger partial charge in [0.15, 0.2) is 5.82 Å². The van der Waals surface area contributed by atoms with Gasteiger partial charge in [0.25, 0.3) is 0 Å². The fourth-order valence-electron chi connectivity index (χ4n) is 0.540. The predicted molar refractivity (Wildman–Crippen MR) is 51.0 cm³/mol. The average molecular weight is 234 g/mol. The van der Waals surface area contributed by atoms with Gasteiger partial charge in [-0.15, -0.1) is 0 Å². The van der Waals surface area contributed by atoms with E-state index in [1.807, 2.05) is 12.5 Å². The molecule has 1 aromatic heterocycles. The Hall–Kier alpha value is -0.290. The molecule has 0 aliphatic rings. The van der Waals surface area contributed by atoms with E-state index in [0.29, 0.717) is 5.82 Å². The van der Waals surface area contributed by atoms with Gasteiger partial charge in [-0.1, -0.05) is 10.7 Å². The first kappa shape index (κ1) is 8.80. The Morgan fingerprint density at radius 1 is 1.36 bits per heavy atom. The molecule has 0 aliphatic heterocycles. The zero-order valence-corrected chi connectivity index (χ0v) is 8.69. The highest BCUT2D eigenvalue weighted by Gasteiger charge is 1.90.